The predicted molar refractivity (Wildman–Crippen MR) is 62.4 cm³/mol. The molecule has 0 saturated carbocycles. The van der Waals surface area contributed by atoms with Gasteiger partial charge in [-0.3, -0.25) is 0 Å². The summed E-state index contributed by atoms with van der Waals surface area (Å²) in [5.74, 6) is 0. The Bertz CT molecular complexity index is 392. The third kappa shape index (κ3) is 3.71. The van der Waals surface area contributed by atoms with E-state index in [1.165, 1.54) is 11.1 Å². The molecular weight excluding hydrogens is 243 g/mol. The zero-order valence-electron chi connectivity index (χ0n) is 9.96. The second-order valence-corrected chi connectivity index (χ2v) is 4.41. The monoisotopic (exact) mass is 259 g/mol. The molecule has 2 rings (SSSR count). The SMILES string of the molecule is FC(F)(F)COCCC1NCCc2ccccc21. The Labute approximate surface area is 104 Å². The van der Waals surface area contributed by atoms with Crippen molar-refractivity contribution in [2.75, 3.05) is 19.8 Å². The van der Waals surface area contributed by atoms with E-state index in [9.17, 15) is 13.2 Å². The largest absolute Gasteiger partial charge is 0.411 e. The summed E-state index contributed by atoms with van der Waals surface area (Å²) < 4.78 is 40.4. The predicted octanol–water partition coefficient (Wildman–Crippen LogP) is 2.84. The van der Waals surface area contributed by atoms with Crippen molar-refractivity contribution in [1.82, 2.24) is 5.32 Å². The van der Waals surface area contributed by atoms with E-state index < -0.39 is 12.8 Å². The van der Waals surface area contributed by atoms with E-state index in [1.807, 2.05) is 18.2 Å². The van der Waals surface area contributed by atoms with Crippen LogP contribution in [0.5, 0.6) is 0 Å². The average Bonchev–Trinajstić information content (AvgIpc) is 2.33. The van der Waals surface area contributed by atoms with Crippen LogP contribution in [-0.4, -0.2) is 25.9 Å². The molecule has 1 aliphatic heterocycles. The van der Waals surface area contributed by atoms with E-state index in [2.05, 4.69) is 16.1 Å². The van der Waals surface area contributed by atoms with Crippen LogP contribution in [0.25, 0.3) is 0 Å². The molecule has 1 N–H and O–H groups in total. The molecule has 18 heavy (non-hydrogen) atoms. The summed E-state index contributed by atoms with van der Waals surface area (Å²) in [6.07, 6.45) is -2.71. The summed E-state index contributed by atoms with van der Waals surface area (Å²) in [5, 5.41) is 3.31. The van der Waals surface area contributed by atoms with Crippen LogP contribution in [0.1, 0.15) is 23.6 Å². The van der Waals surface area contributed by atoms with Crippen LogP contribution in [0.3, 0.4) is 0 Å². The van der Waals surface area contributed by atoms with Crippen molar-refractivity contribution in [2.45, 2.75) is 25.1 Å². The molecule has 1 atom stereocenters. The summed E-state index contributed by atoms with van der Waals surface area (Å²) >= 11 is 0. The van der Waals surface area contributed by atoms with Gasteiger partial charge in [-0.2, -0.15) is 13.2 Å². The van der Waals surface area contributed by atoms with Crippen LogP contribution >= 0.6 is 0 Å². The van der Waals surface area contributed by atoms with Gasteiger partial charge in [-0.05, 0) is 30.5 Å². The van der Waals surface area contributed by atoms with Crippen LogP contribution in [0.15, 0.2) is 24.3 Å². The van der Waals surface area contributed by atoms with Gasteiger partial charge in [-0.15, -0.1) is 0 Å². The molecule has 0 spiro atoms. The lowest BCUT2D eigenvalue weighted by molar-refractivity contribution is -0.174. The molecule has 0 bridgehead atoms. The number of alkyl halides is 3. The second-order valence-electron chi connectivity index (χ2n) is 4.41. The van der Waals surface area contributed by atoms with Crippen molar-refractivity contribution in [3.63, 3.8) is 0 Å². The molecular formula is C13H16F3NO. The van der Waals surface area contributed by atoms with Crippen LogP contribution in [0.2, 0.25) is 0 Å². The number of halogens is 3. The standard InChI is InChI=1S/C13H16F3NO/c14-13(15,16)9-18-8-6-12-11-4-2-1-3-10(11)5-7-17-12/h1-4,12,17H,5-9H2. The van der Waals surface area contributed by atoms with Gasteiger partial charge >= 0.3 is 6.18 Å². The van der Waals surface area contributed by atoms with E-state index in [-0.39, 0.29) is 12.6 Å². The van der Waals surface area contributed by atoms with Gasteiger partial charge in [-0.1, -0.05) is 24.3 Å². The molecule has 0 amide bonds. The minimum Gasteiger partial charge on any atom is -0.372 e. The maximum absolute atomic E-state index is 11.9. The highest BCUT2D eigenvalue weighted by atomic mass is 19.4. The molecule has 1 heterocycles. The Hall–Kier alpha value is -1.07. The molecule has 2 nitrogen and oxygen atoms in total. The van der Waals surface area contributed by atoms with Crippen molar-refractivity contribution in [3.05, 3.63) is 35.4 Å². The van der Waals surface area contributed by atoms with Crippen LogP contribution in [0.4, 0.5) is 13.2 Å². The van der Waals surface area contributed by atoms with Gasteiger partial charge in [-0.25, -0.2) is 0 Å². The maximum Gasteiger partial charge on any atom is 0.411 e. The van der Waals surface area contributed by atoms with E-state index >= 15 is 0 Å². The first-order valence-electron chi connectivity index (χ1n) is 6.02. The van der Waals surface area contributed by atoms with Gasteiger partial charge in [0, 0.05) is 12.6 Å². The zero-order valence-corrected chi connectivity index (χ0v) is 9.96. The topological polar surface area (TPSA) is 21.3 Å². The number of ether oxygens (including phenoxy) is 1. The Kier molecular flexibility index (Phi) is 4.24. The molecule has 5 heteroatoms. The quantitative estimate of drug-likeness (QED) is 0.839. The number of hydrogen-bond acceptors (Lipinski definition) is 2. The Morgan fingerprint density at radius 1 is 1.28 bits per heavy atom. The first kappa shape index (κ1) is 13.4. The van der Waals surface area contributed by atoms with Crippen molar-refractivity contribution < 1.29 is 17.9 Å². The van der Waals surface area contributed by atoms with Crippen LogP contribution in [-0.2, 0) is 11.2 Å². The smallest absolute Gasteiger partial charge is 0.372 e. The molecule has 1 unspecified atom stereocenters. The highest BCUT2D eigenvalue weighted by Gasteiger charge is 2.27. The van der Waals surface area contributed by atoms with E-state index in [0.717, 1.165) is 13.0 Å². The Morgan fingerprint density at radius 2 is 2.06 bits per heavy atom. The normalized spacial score (nSPS) is 19.6. The molecule has 0 fully saturated rings. The minimum atomic E-state index is -4.24. The van der Waals surface area contributed by atoms with Gasteiger partial charge < -0.3 is 10.1 Å². The number of fused-ring (bicyclic) bond motifs is 1. The number of benzene rings is 1. The third-order valence-electron chi connectivity index (χ3n) is 3.03. The highest BCUT2D eigenvalue weighted by molar-refractivity contribution is 5.32. The highest BCUT2D eigenvalue weighted by Crippen LogP contribution is 2.25. The van der Waals surface area contributed by atoms with Crippen molar-refractivity contribution in [2.24, 2.45) is 0 Å². The molecule has 0 radical (unpaired) electrons. The summed E-state index contributed by atoms with van der Waals surface area (Å²) in [5.41, 5.74) is 2.46. The van der Waals surface area contributed by atoms with Crippen molar-refractivity contribution >= 4 is 0 Å². The fourth-order valence-corrected chi connectivity index (χ4v) is 2.24. The van der Waals surface area contributed by atoms with Crippen LogP contribution in [0, 0.1) is 0 Å². The summed E-state index contributed by atoms with van der Waals surface area (Å²) in [4.78, 5) is 0. The molecule has 0 saturated heterocycles. The summed E-state index contributed by atoms with van der Waals surface area (Å²) in [6.45, 7) is -0.187. The molecule has 1 aromatic rings. The van der Waals surface area contributed by atoms with Gasteiger partial charge in [0.25, 0.3) is 0 Å². The number of nitrogens with one attached hydrogen (secondary N) is 1. The number of rotatable bonds is 4. The first-order valence-corrected chi connectivity index (χ1v) is 6.02. The minimum absolute atomic E-state index is 0.100. The average molecular weight is 259 g/mol. The Morgan fingerprint density at radius 3 is 2.83 bits per heavy atom. The third-order valence-corrected chi connectivity index (χ3v) is 3.03. The molecule has 0 aromatic heterocycles. The van der Waals surface area contributed by atoms with E-state index in [0.29, 0.717) is 6.42 Å². The van der Waals surface area contributed by atoms with Gasteiger partial charge in [0.2, 0.25) is 0 Å². The lowest BCUT2D eigenvalue weighted by atomic mass is 9.93. The lowest BCUT2D eigenvalue weighted by Crippen LogP contribution is -2.31. The van der Waals surface area contributed by atoms with E-state index in [4.69, 9.17) is 0 Å². The first-order chi connectivity index (χ1) is 8.56. The molecule has 100 valence electrons. The van der Waals surface area contributed by atoms with Gasteiger partial charge in [0.05, 0.1) is 0 Å². The number of hydrogen-bond donors (Lipinski definition) is 1. The summed E-state index contributed by atoms with van der Waals surface area (Å²) in [6, 6.07) is 8.13. The fourth-order valence-electron chi connectivity index (χ4n) is 2.24. The van der Waals surface area contributed by atoms with Crippen LogP contribution < -0.4 is 5.32 Å². The second kappa shape index (κ2) is 5.71. The molecule has 1 aliphatic rings. The van der Waals surface area contributed by atoms with Gasteiger partial charge in [0.15, 0.2) is 0 Å². The zero-order chi connectivity index (χ0) is 13.0. The van der Waals surface area contributed by atoms with Crippen molar-refractivity contribution in [3.8, 4) is 0 Å². The van der Waals surface area contributed by atoms with Gasteiger partial charge in [0.1, 0.15) is 6.61 Å². The Balaban J connectivity index is 1.84. The molecule has 1 aromatic carbocycles. The lowest BCUT2D eigenvalue weighted by Gasteiger charge is -2.26. The molecule has 0 aliphatic carbocycles. The summed E-state index contributed by atoms with van der Waals surface area (Å²) in [7, 11) is 0. The maximum atomic E-state index is 11.9. The van der Waals surface area contributed by atoms with E-state index in [1.54, 1.807) is 0 Å². The van der Waals surface area contributed by atoms with Crippen molar-refractivity contribution in [1.29, 1.82) is 0 Å². The fraction of sp³-hybridized carbons (Fsp3) is 0.538.